The SMILES string of the molecule is CCCCC1CCC(C2CCC(CCC=CC=C(F)C#N)CC2)CC1. The third-order valence-electron chi connectivity index (χ3n) is 6.64. The van der Waals surface area contributed by atoms with Crippen LogP contribution in [0.4, 0.5) is 4.39 Å². The highest BCUT2D eigenvalue weighted by molar-refractivity contribution is 5.18. The molecule has 0 aromatic carbocycles. The molecule has 0 N–H and O–H groups in total. The smallest absolute Gasteiger partial charge is 0.195 e. The first-order valence-electron chi connectivity index (χ1n) is 10.6. The molecule has 0 amide bonds. The molecule has 0 aromatic rings. The molecule has 0 aliphatic heterocycles. The summed E-state index contributed by atoms with van der Waals surface area (Å²) in [6.07, 6.45) is 23.0. The predicted octanol–water partition coefficient (Wildman–Crippen LogP) is 7.50. The third-order valence-corrected chi connectivity index (χ3v) is 6.64. The number of hydrogen-bond acceptors (Lipinski definition) is 1. The Kier molecular flexibility index (Phi) is 9.30. The summed E-state index contributed by atoms with van der Waals surface area (Å²) in [5, 5.41) is 8.35. The van der Waals surface area contributed by atoms with Crippen LogP contribution in [0.3, 0.4) is 0 Å². The summed E-state index contributed by atoms with van der Waals surface area (Å²) in [5.74, 6) is 3.18. The van der Waals surface area contributed by atoms with E-state index in [1.807, 2.05) is 6.08 Å². The largest absolute Gasteiger partial charge is 0.199 e. The summed E-state index contributed by atoms with van der Waals surface area (Å²) in [4.78, 5) is 0. The lowest BCUT2D eigenvalue weighted by Crippen LogP contribution is -2.25. The Morgan fingerprint density at radius 3 is 2.04 bits per heavy atom. The van der Waals surface area contributed by atoms with E-state index in [0.717, 1.165) is 30.1 Å². The lowest BCUT2D eigenvalue weighted by molar-refractivity contribution is 0.141. The Hall–Kier alpha value is -1.10. The summed E-state index contributed by atoms with van der Waals surface area (Å²) in [6, 6.07) is 1.50. The Bertz CT molecular complexity index is 457. The first kappa shape index (κ1) is 20.2. The molecule has 0 radical (unpaired) electrons. The summed E-state index contributed by atoms with van der Waals surface area (Å²) in [6.45, 7) is 2.31. The van der Waals surface area contributed by atoms with E-state index < -0.39 is 5.83 Å². The van der Waals surface area contributed by atoms with Gasteiger partial charge in [-0.15, -0.1) is 0 Å². The van der Waals surface area contributed by atoms with Crippen molar-refractivity contribution >= 4 is 0 Å². The fourth-order valence-corrected chi connectivity index (χ4v) is 5.01. The fraction of sp³-hybridized carbons (Fsp3) is 0.783. The van der Waals surface area contributed by atoms with Crippen LogP contribution in [-0.4, -0.2) is 0 Å². The lowest BCUT2D eigenvalue weighted by Gasteiger charge is -2.38. The van der Waals surface area contributed by atoms with Crippen molar-refractivity contribution in [3.05, 3.63) is 24.1 Å². The van der Waals surface area contributed by atoms with E-state index in [4.69, 9.17) is 5.26 Å². The van der Waals surface area contributed by atoms with Gasteiger partial charge >= 0.3 is 0 Å². The zero-order valence-corrected chi connectivity index (χ0v) is 16.1. The van der Waals surface area contributed by atoms with E-state index in [2.05, 4.69) is 6.92 Å². The number of nitriles is 1. The molecule has 0 aromatic heterocycles. The summed E-state index contributed by atoms with van der Waals surface area (Å²) >= 11 is 0. The van der Waals surface area contributed by atoms with Crippen molar-refractivity contribution in [1.29, 1.82) is 5.26 Å². The number of halogens is 1. The molecule has 2 heteroatoms. The minimum atomic E-state index is -0.707. The van der Waals surface area contributed by atoms with Gasteiger partial charge in [0.25, 0.3) is 0 Å². The quantitative estimate of drug-likeness (QED) is 0.330. The molecule has 0 atom stereocenters. The van der Waals surface area contributed by atoms with Crippen molar-refractivity contribution in [3.8, 4) is 6.07 Å². The highest BCUT2D eigenvalue weighted by atomic mass is 19.1. The number of allylic oxidation sites excluding steroid dienone is 4. The van der Waals surface area contributed by atoms with Crippen LogP contribution in [0.2, 0.25) is 0 Å². The van der Waals surface area contributed by atoms with Gasteiger partial charge in [-0.1, -0.05) is 64.0 Å². The van der Waals surface area contributed by atoms with Gasteiger partial charge in [-0.2, -0.15) is 9.65 Å². The zero-order valence-electron chi connectivity index (χ0n) is 16.1. The molecule has 25 heavy (non-hydrogen) atoms. The van der Waals surface area contributed by atoms with Crippen LogP contribution in [0.1, 0.15) is 90.4 Å². The normalized spacial score (nSPS) is 31.2. The summed E-state index contributed by atoms with van der Waals surface area (Å²) < 4.78 is 12.7. The first-order chi connectivity index (χ1) is 12.2. The van der Waals surface area contributed by atoms with E-state index >= 15 is 0 Å². The van der Waals surface area contributed by atoms with Gasteiger partial charge in [-0.3, -0.25) is 0 Å². The molecule has 2 saturated carbocycles. The Labute approximate surface area is 154 Å². The Balaban J connectivity index is 1.60. The van der Waals surface area contributed by atoms with Crippen LogP contribution in [0.15, 0.2) is 24.1 Å². The number of unbranched alkanes of at least 4 members (excludes halogenated alkanes) is 1. The van der Waals surface area contributed by atoms with Crippen molar-refractivity contribution in [1.82, 2.24) is 0 Å². The topological polar surface area (TPSA) is 23.8 Å². The van der Waals surface area contributed by atoms with Crippen molar-refractivity contribution in [3.63, 3.8) is 0 Å². The molecule has 2 aliphatic carbocycles. The maximum absolute atomic E-state index is 12.7. The van der Waals surface area contributed by atoms with Crippen LogP contribution >= 0.6 is 0 Å². The monoisotopic (exact) mass is 345 g/mol. The second-order valence-corrected chi connectivity index (χ2v) is 8.34. The van der Waals surface area contributed by atoms with Gasteiger partial charge in [0.15, 0.2) is 5.83 Å². The average Bonchev–Trinajstić information content (AvgIpc) is 2.67. The second kappa shape index (κ2) is 11.5. The molecule has 2 fully saturated rings. The van der Waals surface area contributed by atoms with Crippen LogP contribution in [0.25, 0.3) is 0 Å². The van der Waals surface area contributed by atoms with Gasteiger partial charge in [0.05, 0.1) is 0 Å². The number of nitrogens with zero attached hydrogens (tertiary/aromatic N) is 1. The molecular weight excluding hydrogens is 309 g/mol. The number of hydrogen-bond donors (Lipinski definition) is 0. The molecule has 1 nitrogen and oxygen atoms in total. The van der Waals surface area contributed by atoms with Crippen molar-refractivity contribution in [2.75, 3.05) is 0 Å². The molecule has 0 bridgehead atoms. The second-order valence-electron chi connectivity index (χ2n) is 8.34. The first-order valence-corrected chi connectivity index (χ1v) is 10.6. The fourth-order valence-electron chi connectivity index (χ4n) is 5.01. The molecule has 0 spiro atoms. The van der Waals surface area contributed by atoms with Gasteiger partial charge in [-0.25, -0.2) is 0 Å². The summed E-state index contributed by atoms with van der Waals surface area (Å²) in [5.41, 5.74) is 0. The molecule has 0 heterocycles. The average molecular weight is 346 g/mol. The maximum atomic E-state index is 12.7. The van der Waals surface area contributed by atoms with E-state index in [9.17, 15) is 4.39 Å². The van der Waals surface area contributed by atoms with Crippen LogP contribution in [0.5, 0.6) is 0 Å². The van der Waals surface area contributed by atoms with Gasteiger partial charge in [0.1, 0.15) is 6.07 Å². The third kappa shape index (κ3) is 7.35. The van der Waals surface area contributed by atoms with Crippen molar-refractivity contribution in [2.24, 2.45) is 23.7 Å². The highest BCUT2D eigenvalue weighted by Crippen LogP contribution is 2.43. The number of rotatable bonds is 8. The maximum Gasteiger partial charge on any atom is 0.199 e. The van der Waals surface area contributed by atoms with Crippen LogP contribution < -0.4 is 0 Å². The van der Waals surface area contributed by atoms with Gasteiger partial charge < -0.3 is 0 Å². The molecule has 140 valence electrons. The highest BCUT2D eigenvalue weighted by Gasteiger charge is 2.30. The van der Waals surface area contributed by atoms with Crippen molar-refractivity contribution < 1.29 is 4.39 Å². The van der Waals surface area contributed by atoms with E-state index in [0.29, 0.717) is 0 Å². The molecule has 0 unspecified atom stereocenters. The lowest BCUT2D eigenvalue weighted by atomic mass is 9.68. The van der Waals surface area contributed by atoms with E-state index in [1.165, 1.54) is 89.2 Å². The predicted molar refractivity (Wildman–Crippen MR) is 104 cm³/mol. The minimum absolute atomic E-state index is 0.707. The van der Waals surface area contributed by atoms with Gasteiger partial charge in [-0.05, 0) is 68.3 Å². The molecule has 2 aliphatic rings. The van der Waals surface area contributed by atoms with Crippen LogP contribution in [-0.2, 0) is 0 Å². The summed E-state index contributed by atoms with van der Waals surface area (Å²) in [7, 11) is 0. The van der Waals surface area contributed by atoms with E-state index in [-0.39, 0.29) is 0 Å². The van der Waals surface area contributed by atoms with Gasteiger partial charge in [0, 0.05) is 0 Å². The van der Waals surface area contributed by atoms with Gasteiger partial charge in [0.2, 0.25) is 0 Å². The Morgan fingerprint density at radius 2 is 1.52 bits per heavy atom. The van der Waals surface area contributed by atoms with Crippen LogP contribution in [0, 0.1) is 35.0 Å². The minimum Gasteiger partial charge on any atom is -0.195 e. The standard InChI is InChI=1S/C23H36FN/c1-2-3-7-19-10-14-21(15-11-19)22-16-12-20(13-17-22)8-5-4-6-9-23(24)18-25/h4,6,9,19-22H,2-3,5,7-8,10-17H2,1H3. The van der Waals surface area contributed by atoms with E-state index in [1.54, 1.807) is 6.08 Å². The van der Waals surface area contributed by atoms with Crippen molar-refractivity contribution in [2.45, 2.75) is 90.4 Å². The Morgan fingerprint density at radius 1 is 0.960 bits per heavy atom. The molecule has 2 rings (SSSR count). The zero-order chi connectivity index (χ0) is 17.9. The molecule has 0 saturated heterocycles. The molecular formula is C23H36FN.